The van der Waals surface area contributed by atoms with Crippen LogP contribution in [0.1, 0.15) is 23.7 Å². The van der Waals surface area contributed by atoms with Crippen LogP contribution in [-0.4, -0.2) is 39.0 Å². The first kappa shape index (κ1) is 13.4. The minimum absolute atomic E-state index is 0.194. The molecule has 0 radical (unpaired) electrons. The molecule has 0 aliphatic carbocycles. The van der Waals surface area contributed by atoms with Crippen molar-refractivity contribution in [3.05, 3.63) is 29.8 Å². The maximum absolute atomic E-state index is 12.9. The van der Waals surface area contributed by atoms with Gasteiger partial charge in [-0.15, -0.1) is 0 Å². The van der Waals surface area contributed by atoms with Crippen LogP contribution < -0.4 is 0 Å². The van der Waals surface area contributed by atoms with Gasteiger partial charge in [0.2, 0.25) is 5.72 Å². The normalized spacial score (nSPS) is 22.8. The summed E-state index contributed by atoms with van der Waals surface area (Å²) in [6.07, 6.45) is -3.59. The lowest BCUT2D eigenvalue weighted by Gasteiger charge is -2.30. The van der Waals surface area contributed by atoms with Crippen LogP contribution in [0.5, 0.6) is 5.75 Å². The largest absolute Gasteiger partial charge is 0.507 e. The van der Waals surface area contributed by atoms with Crippen LogP contribution in [0.4, 0.5) is 8.78 Å². The van der Waals surface area contributed by atoms with Crippen molar-refractivity contribution in [2.45, 2.75) is 25.5 Å². The lowest BCUT2D eigenvalue weighted by molar-refractivity contribution is -0.164. The SMILES string of the molecule is CC1=NN(C(=O)c2ccccc2O)[C@](O)(C(F)F)C1. The number of phenols is 1. The summed E-state index contributed by atoms with van der Waals surface area (Å²) < 4.78 is 25.9. The summed E-state index contributed by atoms with van der Waals surface area (Å²) in [6, 6.07) is 5.49. The highest BCUT2D eigenvalue weighted by atomic mass is 19.3. The van der Waals surface area contributed by atoms with Crippen molar-refractivity contribution in [2.75, 3.05) is 0 Å². The first-order valence-electron chi connectivity index (χ1n) is 5.53. The zero-order valence-electron chi connectivity index (χ0n) is 10.0. The number of rotatable bonds is 2. The average molecular weight is 270 g/mol. The van der Waals surface area contributed by atoms with Crippen molar-refractivity contribution in [1.29, 1.82) is 0 Å². The van der Waals surface area contributed by atoms with Crippen LogP contribution in [0.3, 0.4) is 0 Å². The van der Waals surface area contributed by atoms with Crippen LogP contribution in [0.2, 0.25) is 0 Å². The Morgan fingerprint density at radius 3 is 2.68 bits per heavy atom. The molecule has 1 aliphatic rings. The fourth-order valence-corrected chi connectivity index (χ4v) is 1.90. The van der Waals surface area contributed by atoms with Gasteiger partial charge >= 0.3 is 0 Å². The molecule has 1 aliphatic heterocycles. The Morgan fingerprint density at radius 1 is 1.47 bits per heavy atom. The minimum Gasteiger partial charge on any atom is -0.507 e. The van der Waals surface area contributed by atoms with E-state index in [-0.39, 0.29) is 17.0 Å². The molecule has 1 aromatic rings. The number of carbonyl (C=O) groups excluding carboxylic acids is 1. The van der Waals surface area contributed by atoms with Gasteiger partial charge in [0.05, 0.1) is 5.56 Å². The zero-order valence-corrected chi connectivity index (χ0v) is 10.0. The van der Waals surface area contributed by atoms with E-state index in [1.807, 2.05) is 0 Å². The Kier molecular flexibility index (Phi) is 3.23. The summed E-state index contributed by atoms with van der Waals surface area (Å²) in [4.78, 5) is 12.1. The fraction of sp³-hybridized carbons (Fsp3) is 0.333. The molecule has 2 N–H and O–H groups in total. The van der Waals surface area contributed by atoms with Crippen molar-refractivity contribution >= 4 is 11.6 Å². The van der Waals surface area contributed by atoms with Gasteiger partial charge in [-0.05, 0) is 19.1 Å². The third kappa shape index (κ3) is 2.17. The van der Waals surface area contributed by atoms with Gasteiger partial charge in [0.25, 0.3) is 12.3 Å². The number of aromatic hydroxyl groups is 1. The van der Waals surface area contributed by atoms with E-state index in [4.69, 9.17) is 0 Å². The second-order valence-electron chi connectivity index (χ2n) is 4.33. The van der Waals surface area contributed by atoms with Crippen molar-refractivity contribution in [1.82, 2.24) is 5.01 Å². The first-order valence-corrected chi connectivity index (χ1v) is 5.53. The van der Waals surface area contributed by atoms with Crippen molar-refractivity contribution in [3.8, 4) is 5.75 Å². The molecule has 0 unspecified atom stereocenters. The number of alkyl halides is 2. The molecule has 1 amide bonds. The minimum atomic E-state index is -3.16. The number of hydrogen-bond donors (Lipinski definition) is 2. The highest BCUT2D eigenvalue weighted by Crippen LogP contribution is 2.33. The fourth-order valence-electron chi connectivity index (χ4n) is 1.90. The smallest absolute Gasteiger partial charge is 0.287 e. The quantitative estimate of drug-likeness (QED) is 0.856. The number of carbonyl (C=O) groups is 1. The van der Waals surface area contributed by atoms with Gasteiger partial charge in [-0.25, -0.2) is 8.78 Å². The molecule has 0 spiro atoms. The van der Waals surface area contributed by atoms with Gasteiger partial charge in [-0.2, -0.15) is 10.1 Å². The molecule has 102 valence electrons. The highest BCUT2D eigenvalue weighted by molar-refractivity contribution is 5.99. The molecule has 1 atom stereocenters. The van der Waals surface area contributed by atoms with E-state index < -0.39 is 24.5 Å². The summed E-state index contributed by atoms with van der Waals surface area (Å²) in [5, 5.41) is 23.4. The molecule has 5 nitrogen and oxygen atoms in total. The van der Waals surface area contributed by atoms with E-state index >= 15 is 0 Å². The Labute approximate surface area is 107 Å². The zero-order chi connectivity index (χ0) is 14.2. The summed E-state index contributed by atoms with van der Waals surface area (Å²) in [5.74, 6) is -1.33. The van der Waals surface area contributed by atoms with Gasteiger partial charge in [0.15, 0.2) is 0 Å². The van der Waals surface area contributed by atoms with Crippen molar-refractivity contribution in [3.63, 3.8) is 0 Å². The van der Waals surface area contributed by atoms with Crippen LogP contribution in [-0.2, 0) is 0 Å². The van der Waals surface area contributed by atoms with Crippen LogP contribution in [0, 0.1) is 0 Å². The summed E-state index contributed by atoms with van der Waals surface area (Å²) in [5.41, 5.74) is -2.64. The monoisotopic (exact) mass is 270 g/mol. The topological polar surface area (TPSA) is 73.1 Å². The maximum atomic E-state index is 12.9. The number of hydrogen-bond acceptors (Lipinski definition) is 4. The molecule has 0 aromatic heterocycles. The number of hydrazone groups is 1. The molecule has 0 fully saturated rings. The molecule has 0 bridgehead atoms. The molecule has 0 saturated heterocycles. The number of aliphatic hydroxyl groups is 1. The molecule has 0 saturated carbocycles. The molecule has 2 rings (SSSR count). The van der Waals surface area contributed by atoms with Crippen LogP contribution in [0.25, 0.3) is 0 Å². The second-order valence-corrected chi connectivity index (χ2v) is 4.33. The predicted octanol–water partition coefficient (Wildman–Crippen LogP) is 1.57. The molecule has 1 heterocycles. The lowest BCUT2D eigenvalue weighted by atomic mass is 10.1. The standard InChI is InChI=1S/C12H12F2N2O3/c1-7-6-12(19,11(13)14)16(15-7)10(18)8-4-2-3-5-9(8)17/h2-5,11,17,19H,6H2,1H3/t12-/m1/s1. The Balaban J connectivity index is 2.40. The Hall–Kier alpha value is -2.02. The number of nitrogens with zero attached hydrogens (tertiary/aromatic N) is 2. The van der Waals surface area contributed by atoms with Gasteiger partial charge in [0.1, 0.15) is 5.75 Å². The van der Waals surface area contributed by atoms with Gasteiger partial charge in [-0.1, -0.05) is 12.1 Å². The molecule has 19 heavy (non-hydrogen) atoms. The molecular weight excluding hydrogens is 258 g/mol. The van der Waals surface area contributed by atoms with E-state index in [9.17, 15) is 23.8 Å². The van der Waals surface area contributed by atoms with Crippen molar-refractivity contribution < 1.29 is 23.8 Å². The van der Waals surface area contributed by atoms with Crippen LogP contribution >= 0.6 is 0 Å². The number of benzene rings is 1. The van der Waals surface area contributed by atoms with Crippen LogP contribution in [0.15, 0.2) is 29.4 Å². The lowest BCUT2D eigenvalue weighted by Crippen LogP contribution is -2.51. The van der Waals surface area contributed by atoms with E-state index in [1.165, 1.54) is 31.2 Å². The number of phenolic OH excluding ortho intramolecular Hbond substituents is 1. The van der Waals surface area contributed by atoms with Gasteiger partial charge < -0.3 is 10.2 Å². The summed E-state index contributed by atoms with van der Waals surface area (Å²) in [7, 11) is 0. The molecule has 7 heteroatoms. The summed E-state index contributed by atoms with van der Waals surface area (Å²) in [6.45, 7) is 1.44. The number of para-hydroxylation sites is 1. The van der Waals surface area contributed by atoms with E-state index in [1.54, 1.807) is 0 Å². The second kappa shape index (κ2) is 4.58. The van der Waals surface area contributed by atoms with E-state index in [0.717, 1.165) is 0 Å². The van der Waals surface area contributed by atoms with Gasteiger partial charge in [0, 0.05) is 12.1 Å². The van der Waals surface area contributed by atoms with E-state index in [0.29, 0.717) is 5.01 Å². The molecule has 1 aromatic carbocycles. The van der Waals surface area contributed by atoms with E-state index in [2.05, 4.69) is 5.10 Å². The number of amides is 1. The van der Waals surface area contributed by atoms with Crippen molar-refractivity contribution in [2.24, 2.45) is 5.10 Å². The molecular formula is C12H12F2N2O3. The Bertz CT molecular complexity index is 548. The third-order valence-electron chi connectivity index (χ3n) is 2.83. The maximum Gasteiger partial charge on any atom is 0.287 e. The predicted molar refractivity (Wildman–Crippen MR) is 63.0 cm³/mol. The first-order chi connectivity index (χ1) is 8.86. The highest BCUT2D eigenvalue weighted by Gasteiger charge is 2.51. The summed E-state index contributed by atoms with van der Waals surface area (Å²) >= 11 is 0. The number of halogens is 2. The average Bonchev–Trinajstić information content (AvgIpc) is 2.66. The Morgan fingerprint density at radius 2 is 2.11 bits per heavy atom. The van der Waals surface area contributed by atoms with Gasteiger partial charge in [-0.3, -0.25) is 4.79 Å². The third-order valence-corrected chi connectivity index (χ3v) is 2.83.